The Hall–Kier alpha value is -2.86. The molecular weight excluding hydrogens is 336 g/mol. The molecule has 0 aromatic carbocycles. The summed E-state index contributed by atoms with van der Waals surface area (Å²) in [4.78, 5) is 27.3. The number of carbonyl (C=O) groups is 1. The minimum absolute atomic E-state index is 0.113. The summed E-state index contributed by atoms with van der Waals surface area (Å²) < 4.78 is 7.20. The van der Waals surface area contributed by atoms with E-state index in [-0.39, 0.29) is 17.2 Å². The van der Waals surface area contributed by atoms with Crippen molar-refractivity contribution >= 4 is 17.2 Å². The molecular formula is C19H18N2O3S. The number of thiophene rings is 1. The SMILES string of the molecule is C=CCN(Cc1cccs1)C(=O)c1ccc(Cn2ccccc2=O)o1. The number of hydrogen-bond donors (Lipinski definition) is 0. The highest BCUT2D eigenvalue weighted by Gasteiger charge is 2.19. The lowest BCUT2D eigenvalue weighted by molar-refractivity contribution is 0.0730. The smallest absolute Gasteiger partial charge is 0.290 e. The van der Waals surface area contributed by atoms with Crippen molar-refractivity contribution in [1.29, 1.82) is 0 Å². The molecule has 3 aromatic rings. The van der Waals surface area contributed by atoms with Crippen LogP contribution in [0, 0.1) is 0 Å². The lowest BCUT2D eigenvalue weighted by Gasteiger charge is -2.19. The van der Waals surface area contributed by atoms with Gasteiger partial charge in [-0.15, -0.1) is 17.9 Å². The maximum Gasteiger partial charge on any atom is 0.290 e. The van der Waals surface area contributed by atoms with Gasteiger partial charge in [-0.3, -0.25) is 9.59 Å². The number of pyridine rings is 1. The fraction of sp³-hybridized carbons (Fsp3) is 0.158. The minimum Gasteiger partial charge on any atom is -0.454 e. The summed E-state index contributed by atoms with van der Waals surface area (Å²) >= 11 is 1.60. The van der Waals surface area contributed by atoms with E-state index in [0.717, 1.165) is 4.88 Å². The number of aromatic nitrogens is 1. The highest BCUT2D eigenvalue weighted by atomic mass is 32.1. The van der Waals surface area contributed by atoms with Crippen molar-refractivity contribution < 1.29 is 9.21 Å². The van der Waals surface area contributed by atoms with Gasteiger partial charge >= 0.3 is 0 Å². The van der Waals surface area contributed by atoms with E-state index in [1.165, 1.54) is 10.6 Å². The second-order valence-electron chi connectivity index (χ2n) is 5.49. The van der Waals surface area contributed by atoms with Crippen LogP contribution in [0.4, 0.5) is 0 Å². The van der Waals surface area contributed by atoms with Gasteiger partial charge in [0, 0.05) is 23.7 Å². The summed E-state index contributed by atoms with van der Waals surface area (Å²) in [5.74, 6) is 0.628. The third-order valence-corrected chi connectivity index (χ3v) is 4.52. The maximum atomic E-state index is 12.7. The number of amides is 1. The summed E-state index contributed by atoms with van der Waals surface area (Å²) in [5, 5.41) is 1.98. The summed E-state index contributed by atoms with van der Waals surface area (Å²) in [7, 11) is 0. The van der Waals surface area contributed by atoms with E-state index in [1.54, 1.807) is 52.8 Å². The number of furan rings is 1. The van der Waals surface area contributed by atoms with E-state index in [4.69, 9.17) is 4.42 Å². The highest BCUT2D eigenvalue weighted by Crippen LogP contribution is 2.16. The molecule has 25 heavy (non-hydrogen) atoms. The minimum atomic E-state index is -0.194. The van der Waals surface area contributed by atoms with Crippen molar-refractivity contribution in [3.63, 3.8) is 0 Å². The number of hydrogen-bond acceptors (Lipinski definition) is 4. The first-order valence-electron chi connectivity index (χ1n) is 7.84. The van der Waals surface area contributed by atoms with Gasteiger partial charge in [0.1, 0.15) is 5.76 Å². The first kappa shape index (κ1) is 17.0. The van der Waals surface area contributed by atoms with E-state index in [1.807, 2.05) is 17.5 Å². The Morgan fingerprint density at radius 3 is 2.84 bits per heavy atom. The summed E-state index contributed by atoms with van der Waals surface area (Å²) in [5.41, 5.74) is -0.113. The van der Waals surface area contributed by atoms with Crippen molar-refractivity contribution in [2.75, 3.05) is 6.54 Å². The van der Waals surface area contributed by atoms with Gasteiger partial charge in [0.25, 0.3) is 11.5 Å². The van der Waals surface area contributed by atoms with Crippen molar-refractivity contribution in [3.8, 4) is 0 Å². The fourth-order valence-electron chi connectivity index (χ4n) is 2.46. The van der Waals surface area contributed by atoms with Crippen LogP contribution < -0.4 is 5.56 Å². The van der Waals surface area contributed by atoms with E-state index >= 15 is 0 Å². The van der Waals surface area contributed by atoms with Crippen molar-refractivity contribution in [2.24, 2.45) is 0 Å². The standard InChI is InChI=1S/C19H18N2O3S/c1-2-10-21(14-16-6-5-12-25-16)19(23)17-9-8-15(24-17)13-20-11-4-3-7-18(20)22/h2-9,11-12H,1,10,13-14H2. The van der Waals surface area contributed by atoms with Crippen LogP contribution in [0.1, 0.15) is 21.2 Å². The third-order valence-electron chi connectivity index (χ3n) is 3.66. The molecule has 0 bridgehead atoms. The molecule has 0 spiro atoms. The maximum absolute atomic E-state index is 12.7. The molecule has 3 heterocycles. The van der Waals surface area contributed by atoms with Gasteiger partial charge in [0.05, 0.1) is 13.1 Å². The predicted molar refractivity (Wildman–Crippen MR) is 97.8 cm³/mol. The van der Waals surface area contributed by atoms with E-state index in [9.17, 15) is 9.59 Å². The molecule has 0 fully saturated rings. The first-order valence-corrected chi connectivity index (χ1v) is 8.72. The van der Waals surface area contributed by atoms with Gasteiger partial charge in [-0.25, -0.2) is 0 Å². The summed E-state index contributed by atoms with van der Waals surface area (Å²) in [6.07, 6.45) is 3.38. The summed E-state index contributed by atoms with van der Waals surface area (Å²) in [6, 6.07) is 12.3. The second-order valence-corrected chi connectivity index (χ2v) is 6.52. The highest BCUT2D eigenvalue weighted by molar-refractivity contribution is 7.09. The van der Waals surface area contributed by atoms with E-state index in [0.29, 0.717) is 25.4 Å². The zero-order valence-electron chi connectivity index (χ0n) is 13.6. The van der Waals surface area contributed by atoms with Crippen molar-refractivity contribution in [3.05, 3.63) is 93.4 Å². The van der Waals surface area contributed by atoms with Crippen LogP contribution in [0.5, 0.6) is 0 Å². The predicted octanol–water partition coefficient (Wildman–Crippen LogP) is 3.38. The van der Waals surface area contributed by atoms with Gasteiger partial charge in [0.2, 0.25) is 0 Å². The zero-order chi connectivity index (χ0) is 17.6. The zero-order valence-corrected chi connectivity index (χ0v) is 14.4. The van der Waals surface area contributed by atoms with Crippen LogP contribution in [-0.2, 0) is 13.1 Å². The molecule has 0 aliphatic carbocycles. The average molecular weight is 354 g/mol. The fourth-order valence-corrected chi connectivity index (χ4v) is 3.18. The van der Waals surface area contributed by atoms with Crippen LogP contribution in [-0.4, -0.2) is 21.9 Å². The number of rotatable bonds is 7. The second kappa shape index (κ2) is 7.81. The van der Waals surface area contributed by atoms with Gasteiger partial charge in [-0.05, 0) is 29.6 Å². The molecule has 0 radical (unpaired) electrons. The Labute approximate surface area is 149 Å². The normalized spacial score (nSPS) is 10.6. The van der Waals surface area contributed by atoms with Gasteiger partial charge < -0.3 is 13.9 Å². The number of nitrogens with zero attached hydrogens (tertiary/aromatic N) is 2. The molecule has 0 aliphatic rings. The molecule has 0 saturated carbocycles. The Kier molecular flexibility index (Phi) is 5.30. The van der Waals surface area contributed by atoms with E-state index in [2.05, 4.69) is 6.58 Å². The molecule has 6 heteroatoms. The Balaban J connectivity index is 1.75. The molecule has 128 valence electrons. The Morgan fingerprint density at radius 1 is 1.24 bits per heavy atom. The average Bonchev–Trinajstić information content (AvgIpc) is 3.28. The topological polar surface area (TPSA) is 55.5 Å². The van der Waals surface area contributed by atoms with Gasteiger partial charge in [-0.1, -0.05) is 18.2 Å². The van der Waals surface area contributed by atoms with Crippen LogP contribution in [0.15, 0.2) is 75.9 Å². The van der Waals surface area contributed by atoms with Crippen LogP contribution in [0.2, 0.25) is 0 Å². The molecule has 0 unspecified atom stereocenters. The Morgan fingerprint density at radius 2 is 2.12 bits per heavy atom. The molecule has 0 N–H and O–H groups in total. The molecule has 5 nitrogen and oxygen atoms in total. The molecule has 0 saturated heterocycles. The van der Waals surface area contributed by atoms with Crippen molar-refractivity contribution in [1.82, 2.24) is 9.47 Å². The molecule has 0 atom stereocenters. The van der Waals surface area contributed by atoms with Crippen LogP contribution in [0.25, 0.3) is 0 Å². The van der Waals surface area contributed by atoms with Crippen LogP contribution >= 0.6 is 11.3 Å². The molecule has 1 amide bonds. The molecule has 0 aliphatic heterocycles. The van der Waals surface area contributed by atoms with Gasteiger partial charge in [-0.2, -0.15) is 0 Å². The van der Waals surface area contributed by atoms with Crippen LogP contribution in [0.3, 0.4) is 0 Å². The molecule has 3 aromatic heterocycles. The lowest BCUT2D eigenvalue weighted by atomic mass is 10.3. The monoisotopic (exact) mass is 354 g/mol. The molecule has 3 rings (SSSR count). The Bertz CT molecular complexity index is 909. The van der Waals surface area contributed by atoms with E-state index < -0.39 is 0 Å². The largest absolute Gasteiger partial charge is 0.454 e. The third kappa shape index (κ3) is 4.16. The quantitative estimate of drug-likeness (QED) is 0.611. The lowest BCUT2D eigenvalue weighted by Crippen LogP contribution is -2.30. The summed E-state index contributed by atoms with van der Waals surface area (Å²) in [6.45, 7) is 4.95. The van der Waals surface area contributed by atoms with Gasteiger partial charge in [0.15, 0.2) is 5.76 Å². The first-order chi connectivity index (χ1) is 12.2. The van der Waals surface area contributed by atoms with Crippen molar-refractivity contribution in [2.45, 2.75) is 13.1 Å². The number of carbonyl (C=O) groups excluding carboxylic acids is 1.